The summed E-state index contributed by atoms with van der Waals surface area (Å²) in [6.07, 6.45) is 29.3. The summed E-state index contributed by atoms with van der Waals surface area (Å²) in [7, 11) is 3.22. The van der Waals surface area contributed by atoms with Gasteiger partial charge in [-0.15, -0.1) is 0 Å². The predicted octanol–water partition coefficient (Wildman–Crippen LogP) is 6.04. The number of carbonyl (C=O) groups is 2. The van der Waals surface area contributed by atoms with E-state index in [-0.39, 0.29) is 36.2 Å². The summed E-state index contributed by atoms with van der Waals surface area (Å²) in [5, 5.41) is 23.7. The minimum absolute atomic E-state index is 0.0700. The van der Waals surface area contributed by atoms with E-state index in [1.165, 1.54) is 0 Å². The van der Waals surface area contributed by atoms with Crippen molar-refractivity contribution in [1.82, 2.24) is 10.6 Å². The zero-order chi connectivity index (χ0) is 28.3. The van der Waals surface area contributed by atoms with Gasteiger partial charge >= 0.3 is 0 Å². The van der Waals surface area contributed by atoms with E-state index in [1.54, 1.807) is 21.6 Å². The molecule has 0 saturated carbocycles. The number of hydrogen-bond donors (Lipinski definition) is 4. The molecule has 0 aromatic carbocycles. The minimum atomic E-state index is -0.618. The summed E-state index contributed by atoms with van der Waals surface area (Å²) in [4.78, 5) is 24.0. The molecule has 0 fully saturated rings. The smallest absolute Gasteiger partial charge is 0.221 e. The molecule has 4 N–H and O–H groups in total. The summed E-state index contributed by atoms with van der Waals surface area (Å²) in [6, 6.07) is -0.618. The quantitative estimate of drug-likeness (QED) is 0.0683. The molecule has 0 aliphatic carbocycles. The Bertz CT molecular complexity index is 757. The molecule has 0 heterocycles. The van der Waals surface area contributed by atoms with Crippen molar-refractivity contribution < 1.29 is 19.8 Å². The van der Waals surface area contributed by atoms with Crippen LogP contribution in [-0.4, -0.2) is 58.3 Å². The SMILES string of the molecule is CC/C=C\C/C=C\C/C=C\C/C=C\C/C=C\CCCC(=O)NCCSSC(C)(C)CC(=O)NC(CO)CO. The largest absolute Gasteiger partial charge is 0.394 e. The highest BCUT2D eigenvalue weighted by Gasteiger charge is 2.24. The number of rotatable bonds is 23. The topological polar surface area (TPSA) is 98.7 Å². The molecule has 0 aromatic rings. The van der Waals surface area contributed by atoms with E-state index in [0.717, 1.165) is 50.7 Å². The third-order valence-electron chi connectivity index (χ3n) is 5.12. The fourth-order valence-electron chi connectivity index (χ4n) is 3.11. The molecule has 0 spiro atoms. The first kappa shape index (κ1) is 36.3. The molecule has 0 bridgehead atoms. The summed E-state index contributed by atoms with van der Waals surface area (Å²) < 4.78 is -0.296. The van der Waals surface area contributed by atoms with E-state index in [9.17, 15) is 9.59 Å². The van der Waals surface area contributed by atoms with Crippen molar-refractivity contribution in [3.05, 3.63) is 60.8 Å². The van der Waals surface area contributed by atoms with E-state index in [0.29, 0.717) is 13.0 Å². The van der Waals surface area contributed by atoms with Crippen molar-refractivity contribution in [1.29, 1.82) is 0 Å². The van der Waals surface area contributed by atoms with Gasteiger partial charge in [-0.2, -0.15) is 0 Å². The van der Waals surface area contributed by atoms with Gasteiger partial charge in [-0.25, -0.2) is 0 Å². The van der Waals surface area contributed by atoms with Crippen molar-refractivity contribution in [2.24, 2.45) is 0 Å². The van der Waals surface area contributed by atoms with Crippen LogP contribution in [0, 0.1) is 0 Å². The molecule has 0 aromatic heterocycles. The maximum Gasteiger partial charge on any atom is 0.221 e. The number of aliphatic hydroxyl groups is 2. The van der Waals surface area contributed by atoms with Gasteiger partial charge < -0.3 is 20.8 Å². The monoisotopic (exact) mass is 566 g/mol. The molecular weight excluding hydrogens is 516 g/mol. The van der Waals surface area contributed by atoms with Crippen molar-refractivity contribution in [2.75, 3.05) is 25.5 Å². The molecular formula is C30H50N2O4S2. The highest BCUT2D eigenvalue weighted by Crippen LogP contribution is 2.37. The zero-order valence-corrected chi connectivity index (χ0v) is 25.2. The van der Waals surface area contributed by atoms with Gasteiger partial charge in [-0.1, -0.05) is 89.3 Å². The van der Waals surface area contributed by atoms with Crippen LogP contribution in [0.1, 0.15) is 78.6 Å². The fourth-order valence-corrected chi connectivity index (χ4v) is 5.53. The summed E-state index contributed by atoms with van der Waals surface area (Å²) >= 11 is 0. The van der Waals surface area contributed by atoms with Gasteiger partial charge in [0.25, 0.3) is 0 Å². The second-order valence-corrected chi connectivity index (χ2v) is 12.5. The van der Waals surface area contributed by atoms with Gasteiger partial charge in [0.15, 0.2) is 0 Å². The van der Waals surface area contributed by atoms with E-state index in [2.05, 4.69) is 78.3 Å². The van der Waals surface area contributed by atoms with Crippen LogP contribution in [0.15, 0.2) is 60.8 Å². The van der Waals surface area contributed by atoms with E-state index in [1.807, 2.05) is 13.8 Å². The molecule has 0 atom stereocenters. The van der Waals surface area contributed by atoms with Gasteiger partial charge in [0, 0.05) is 29.9 Å². The normalized spacial score (nSPS) is 12.8. The standard InChI is InChI=1S/C30H50N2O4S2/c1-4-5-6-7-8-9-10-11-12-13-14-15-16-17-18-19-20-21-28(35)31-22-23-37-38-30(2,3)24-29(36)32-27(25-33)26-34/h5-6,8-9,11-12,14-15,17-18,27,33-34H,4,7,10,13,16,19-26H2,1-3H3,(H,31,35)(H,32,36)/b6-5-,9-8-,12-11-,15-14-,18-17-. The molecule has 0 rings (SSSR count). The van der Waals surface area contributed by atoms with Crippen molar-refractivity contribution >= 4 is 33.4 Å². The third-order valence-corrected chi connectivity index (χ3v) is 8.41. The Labute approximate surface area is 239 Å². The zero-order valence-electron chi connectivity index (χ0n) is 23.6. The summed E-state index contributed by atoms with van der Waals surface area (Å²) in [5.74, 6) is 0.629. The Morgan fingerprint density at radius 3 is 1.87 bits per heavy atom. The fraction of sp³-hybridized carbons (Fsp3) is 0.600. The Morgan fingerprint density at radius 1 is 0.816 bits per heavy atom. The summed E-state index contributed by atoms with van der Waals surface area (Å²) in [5.41, 5.74) is 0. The minimum Gasteiger partial charge on any atom is -0.394 e. The predicted molar refractivity (Wildman–Crippen MR) is 166 cm³/mol. The maximum absolute atomic E-state index is 12.0. The lowest BCUT2D eigenvalue weighted by Crippen LogP contribution is -2.42. The summed E-state index contributed by atoms with van der Waals surface area (Å²) in [6.45, 7) is 6.12. The van der Waals surface area contributed by atoms with Crippen LogP contribution < -0.4 is 10.6 Å². The van der Waals surface area contributed by atoms with E-state index in [4.69, 9.17) is 10.2 Å². The van der Waals surface area contributed by atoms with Gasteiger partial charge in [0.05, 0.1) is 19.3 Å². The lowest BCUT2D eigenvalue weighted by atomic mass is 10.1. The first-order chi connectivity index (χ1) is 18.3. The average Bonchev–Trinajstić information content (AvgIpc) is 2.88. The van der Waals surface area contributed by atoms with Gasteiger partial charge in [0.1, 0.15) is 0 Å². The number of aliphatic hydroxyl groups excluding tert-OH is 2. The van der Waals surface area contributed by atoms with Gasteiger partial charge in [-0.3, -0.25) is 9.59 Å². The number of hydrogen-bond acceptors (Lipinski definition) is 6. The molecule has 0 radical (unpaired) electrons. The van der Waals surface area contributed by atoms with Crippen LogP contribution in [0.2, 0.25) is 0 Å². The number of amides is 2. The molecule has 0 unspecified atom stereocenters. The molecule has 0 aliphatic rings. The number of nitrogens with one attached hydrogen (secondary N) is 2. The Kier molecular flexibility index (Phi) is 24.4. The average molecular weight is 567 g/mol. The van der Waals surface area contributed by atoms with Crippen molar-refractivity contribution in [2.45, 2.75) is 89.3 Å². The molecule has 6 nitrogen and oxygen atoms in total. The molecule has 0 aliphatic heterocycles. The Morgan fingerprint density at radius 2 is 1.34 bits per heavy atom. The van der Waals surface area contributed by atoms with Crippen molar-refractivity contribution in [3.63, 3.8) is 0 Å². The third kappa shape index (κ3) is 24.6. The molecule has 0 saturated heterocycles. The lowest BCUT2D eigenvalue weighted by Gasteiger charge is -2.24. The molecule has 38 heavy (non-hydrogen) atoms. The lowest BCUT2D eigenvalue weighted by molar-refractivity contribution is -0.123. The van der Waals surface area contributed by atoms with Crippen molar-refractivity contribution in [3.8, 4) is 0 Å². The Hall–Kier alpha value is -1.74. The first-order valence-corrected chi connectivity index (χ1v) is 16.0. The van der Waals surface area contributed by atoms with Crippen LogP contribution >= 0.6 is 21.6 Å². The second kappa shape index (κ2) is 25.5. The number of allylic oxidation sites excluding steroid dienone is 10. The van der Waals surface area contributed by atoms with Crippen LogP contribution in [0.5, 0.6) is 0 Å². The van der Waals surface area contributed by atoms with Crippen LogP contribution in [0.25, 0.3) is 0 Å². The highest BCUT2D eigenvalue weighted by atomic mass is 33.1. The van der Waals surface area contributed by atoms with Gasteiger partial charge in [-0.05, 0) is 58.8 Å². The van der Waals surface area contributed by atoms with E-state index >= 15 is 0 Å². The molecule has 2 amide bonds. The van der Waals surface area contributed by atoms with Gasteiger partial charge in [0.2, 0.25) is 11.8 Å². The van der Waals surface area contributed by atoms with Crippen LogP contribution in [0.4, 0.5) is 0 Å². The first-order valence-electron chi connectivity index (χ1n) is 13.7. The highest BCUT2D eigenvalue weighted by molar-refractivity contribution is 8.77. The maximum atomic E-state index is 12.0. The Balaban J connectivity index is 3.74. The molecule has 8 heteroatoms. The number of unbranched alkanes of at least 4 members (excludes halogenated alkanes) is 1. The number of carbonyl (C=O) groups excluding carboxylic acids is 2. The van der Waals surface area contributed by atoms with Crippen LogP contribution in [-0.2, 0) is 9.59 Å². The van der Waals surface area contributed by atoms with Crippen LogP contribution in [0.3, 0.4) is 0 Å². The second-order valence-electron chi connectivity index (χ2n) is 9.42. The van der Waals surface area contributed by atoms with E-state index < -0.39 is 6.04 Å². The molecule has 216 valence electrons.